The van der Waals surface area contributed by atoms with Crippen LogP contribution in [0, 0.1) is 0 Å². The third-order valence-corrected chi connectivity index (χ3v) is 4.00. The minimum Gasteiger partial charge on any atom is -0.348 e. The number of hydrogen-bond donors (Lipinski definition) is 2. The summed E-state index contributed by atoms with van der Waals surface area (Å²) in [5.41, 5.74) is 0.944. The highest BCUT2D eigenvalue weighted by Gasteiger charge is 2.19. The van der Waals surface area contributed by atoms with E-state index in [1.807, 2.05) is 18.2 Å². The van der Waals surface area contributed by atoms with Gasteiger partial charge in [-0.05, 0) is 31.0 Å². The molecule has 2 aromatic rings. The van der Waals surface area contributed by atoms with E-state index in [4.69, 9.17) is 0 Å². The second kappa shape index (κ2) is 7.09. The van der Waals surface area contributed by atoms with Gasteiger partial charge in [-0.25, -0.2) is 4.79 Å². The maximum Gasteiger partial charge on any atom is 0.346 e. The molecular weight excluding hydrogens is 292 g/mol. The van der Waals surface area contributed by atoms with Gasteiger partial charge >= 0.3 is 6.03 Å². The molecule has 0 atom stereocenters. The number of benzene rings is 1. The lowest BCUT2D eigenvalue weighted by atomic mass is 9.95. The van der Waals surface area contributed by atoms with E-state index in [0.717, 1.165) is 30.4 Å². The predicted molar refractivity (Wildman–Crippen MR) is 87.4 cm³/mol. The van der Waals surface area contributed by atoms with Crippen LogP contribution in [-0.2, 0) is 0 Å². The molecule has 1 fully saturated rings. The van der Waals surface area contributed by atoms with Crippen molar-refractivity contribution in [1.82, 2.24) is 15.1 Å². The molecule has 6 heteroatoms. The summed E-state index contributed by atoms with van der Waals surface area (Å²) < 4.78 is 1.14. The Hall–Kier alpha value is -2.63. The van der Waals surface area contributed by atoms with E-state index in [0.29, 0.717) is 5.69 Å². The van der Waals surface area contributed by atoms with Crippen LogP contribution in [0.3, 0.4) is 0 Å². The fourth-order valence-corrected chi connectivity index (χ4v) is 2.77. The van der Waals surface area contributed by atoms with Gasteiger partial charge in [-0.3, -0.25) is 4.79 Å². The third kappa shape index (κ3) is 3.97. The standard InChI is InChI=1S/C17H20N4O2/c22-16(18-13-7-3-1-4-8-13)15-11-12-21(20-15)17(23)19-14-9-5-2-6-10-14/h2,5-6,9-13H,1,3-4,7-8H2,(H,18,22)(H,19,23). The summed E-state index contributed by atoms with van der Waals surface area (Å²) in [6.07, 6.45) is 7.06. The number of nitrogens with zero attached hydrogens (tertiary/aromatic N) is 2. The van der Waals surface area contributed by atoms with Crippen molar-refractivity contribution in [3.05, 3.63) is 48.3 Å². The Labute approximate surface area is 134 Å². The molecule has 1 aliphatic carbocycles. The van der Waals surface area contributed by atoms with Gasteiger partial charge in [0.05, 0.1) is 0 Å². The first kappa shape index (κ1) is 15.3. The van der Waals surface area contributed by atoms with Crippen LogP contribution >= 0.6 is 0 Å². The number of carbonyl (C=O) groups is 2. The molecule has 1 aliphatic rings. The van der Waals surface area contributed by atoms with E-state index in [1.54, 1.807) is 18.2 Å². The minimum atomic E-state index is -0.395. The highest BCUT2D eigenvalue weighted by molar-refractivity contribution is 5.94. The van der Waals surface area contributed by atoms with E-state index in [2.05, 4.69) is 15.7 Å². The van der Waals surface area contributed by atoms with E-state index in [9.17, 15) is 9.59 Å². The number of rotatable bonds is 3. The van der Waals surface area contributed by atoms with Crippen molar-refractivity contribution in [2.75, 3.05) is 5.32 Å². The summed E-state index contributed by atoms with van der Waals surface area (Å²) in [7, 11) is 0. The molecular formula is C17H20N4O2. The number of amides is 2. The molecule has 0 spiro atoms. The topological polar surface area (TPSA) is 76.0 Å². The average molecular weight is 312 g/mol. The van der Waals surface area contributed by atoms with Crippen LogP contribution in [-0.4, -0.2) is 27.8 Å². The van der Waals surface area contributed by atoms with Crippen molar-refractivity contribution >= 4 is 17.6 Å². The molecule has 3 rings (SSSR count). The lowest BCUT2D eigenvalue weighted by Crippen LogP contribution is -2.36. The van der Waals surface area contributed by atoms with Gasteiger partial charge in [-0.1, -0.05) is 37.5 Å². The summed E-state index contributed by atoms with van der Waals surface area (Å²) in [6.45, 7) is 0. The monoisotopic (exact) mass is 312 g/mol. The number of nitrogens with one attached hydrogen (secondary N) is 2. The molecule has 0 aliphatic heterocycles. The molecule has 0 saturated heterocycles. The van der Waals surface area contributed by atoms with Crippen LogP contribution in [0.2, 0.25) is 0 Å². The number of hydrogen-bond acceptors (Lipinski definition) is 3. The van der Waals surface area contributed by atoms with Gasteiger partial charge in [0.2, 0.25) is 0 Å². The Kier molecular flexibility index (Phi) is 4.71. The maximum absolute atomic E-state index is 12.2. The van der Waals surface area contributed by atoms with Crippen molar-refractivity contribution in [2.24, 2.45) is 0 Å². The second-order valence-corrected chi connectivity index (χ2v) is 5.75. The highest BCUT2D eigenvalue weighted by Crippen LogP contribution is 2.17. The summed E-state index contributed by atoms with van der Waals surface area (Å²) >= 11 is 0. The quantitative estimate of drug-likeness (QED) is 0.914. The lowest BCUT2D eigenvalue weighted by molar-refractivity contribution is 0.0922. The van der Waals surface area contributed by atoms with Crippen LogP contribution in [0.5, 0.6) is 0 Å². The zero-order valence-electron chi connectivity index (χ0n) is 12.9. The number of anilines is 1. The summed E-state index contributed by atoms with van der Waals surface area (Å²) in [5.74, 6) is -0.219. The van der Waals surface area contributed by atoms with E-state index < -0.39 is 6.03 Å². The SMILES string of the molecule is O=C(NC1CCCCC1)c1ccn(C(=O)Nc2ccccc2)n1. The van der Waals surface area contributed by atoms with Crippen molar-refractivity contribution < 1.29 is 9.59 Å². The average Bonchev–Trinajstić information content (AvgIpc) is 3.07. The molecule has 0 radical (unpaired) electrons. The molecule has 2 N–H and O–H groups in total. The molecule has 0 unspecified atom stereocenters. The largest absolute Gasteiger partial charge is 0.348 e. The first-order chi connectivity index (χ1) is 11.2. The number of aromatic nitrogens is 2. The summed E-state index contributed by atoms with van der Waals surface area (Å²) in [5, 5.41) is 9.78. The molecule has 1 saturated carbocycles. The normalized spacial score (nSPS) is 15.1. The minimum absolute atomic E-state index is 0.219. The highest BCUT2D eigenvalue weighted by atomic mass is 16.2. The van der Waals surface area contributed by atoms with Crippen molar-refractivity contribution in [3.8, 4) is 0 Å². The molecule has 120 valence electrons. The van der Waals surface area contributed by atoms with Gasteiger partial charge in [0.25, 0.3) is 5.91 Å². The zero-order chi connectivity index (χ0) is 16.1. The molecule has 0 bridgehead atoms. The smallest absolute Gasteiger partial charge is 0.346 e. The van der Waals surface area contributed by atoms with Crippen LogP contribution in [0.25, 0.3) is 0 Å². The van der Waals surface area contributed by atoms with Gasteiger partial charge in [-0.15, -0.1) is 0 Å². The Morgan fingerprint density at radius 2 is 1.78 bits per heavy atom. The lowest BCUT2D eigenvalue weighted by Gasteiger charge is -2.22. The van der Waals surface area contributed by atoms with Crippen LogP contribution < -0.4 is 10.6 Å². The fraction of sp³-hybridized carbons (Fsp3) is 0.353. The Balaban J connectivity index is 1.60. The Morgan fingerprint density at radius 1 is 1.04 bits per heavy atom. The van der Waals surface area contributed by atoms with Crippen molar-refractivity contribution in [1.29, 1.82) is 0 Å². The molecule has 23 heavy (non-hydrogen) atoms. The zero-order valence-corrected chi connectivity index (χ0v) is 12.9. The van der Waals surface area contributed by atoms with E-state index in [1.165, 1.54) is 12.6 Å². The van der Waals surface area contributed by atoms with Gasteiger partial charge in [0.15, 0.2) is 5.69 Å². The second-order valence-electron chi connectivity index (χ2n) is 5.75. The van der Waals surface area contributed by atoms with Crippen LogP contribution in [0.15, 0.2) is 42.6 Å². The molecule has 1 heterocycles. The van der Waals surface area contributed by atoms with Crippen molar-refractivity contribution in [3.63, 3.8) is 0 Å². The van der Waals surface area contributed by atoms with Crippen LogP contribution in [0.4, 0.5) is 10.5 Å². The summed E-state index contributed by atoms with van der Waals surface area (Å²) in [6, 6.07) is 10.5. The molecule has 1 aromatic heterocycles. The van der Waals surface area contributed by atoms with Gasteiger partial charge in [0, 0.05) is 17.9 Å². The first-order valence-corrected chi connectivity index (χ1v) is 7.95. The van der Waals surface area contributed by atoms with Gasteiger partial charge < -0.3 is 10.6 Å². The Bertz CT molecular complexity index is 675. The number of carbonyl (C=O) groups excluding carboxylic acids is 2. The van der Waals surface area contributed by atoms with Gasteiger partial charge in [-0.2, -0.15) is 9.78 Å². The predicted octanol–water partition coefficient (Wildman–Crippen LogP) is 3.03. The summed E-state index contributed by atoms with van der Waals surface area (Å²) in [4.78, 5) is 24.3. The fourth-order valence-electron chi connectivity index (χ4n) is 2.77. The molecule has 6 nitrogen and oxygen atoms in total. The van der Waals surface area contributed by atoms with E-state index >= 15 is 0 Å². The van der Waals surface area contributed by atoms with Gasteiger partial charge in [0.1, 0.15) is 0 Å². The Morgan fingerprint density at radius 3 is 2.52 bits per heavy atom. The first-order valence-electron chi connectivity index (χ1n) is 7.95. The van der Waals surface area contributed by atoms with Crippen molar-refractivity contribution in [2.45, 2.75) is 38.1 Å². The molecule has 1 aromatic carbocycles. The maximum atomic E-state index is 12.2. The third-order valence-electron chi connectivity index (χ3n) is 4.00. The van der Waals surface area contributed by atoms with Crippen LogP contribution in [0.1, 0.15) is 42.6 Å². The molecule has 2 amide bonds. The van der Waals surface area contributed by atoms with E-state index in [-0.39, 0.29) is 17.6 Å². The number of para-hydroxylation sites is 1.